The topological polar surface area (TPSA) is 131 Å². The molecule has 0 radical (unpaired) electrons. The molecule has 3 aromatic rings. The molecule has 0 unspecified atom stereocenters. The molecule has 0 spiro atoms. The van der Waals surface area contributed by atoms with Gasteiger partial charge in [0.1, 0.15) is 10.7 Å². The largest absolute Gasteiger partial charge is 0.448 e. The number of benzene rings is 1. The van der Waals surface area contributed by atoms with Crippen LogP contribution in [0.4, 0.5) is 5.00 Å². The number of pyridine rings is 1. The molecule has 0 saturated heterocycles. The first-order valence-corrected chi connectivity index (χ1v) is 8.76. The normalized spacial score (nSPS) is 11.7. The van der Waals surface area contributed by atoms with Crippen molar-refractivity contribution >= 4 is 44.9 Å². The number of aromatic amines is 1. The van der Waals surface area contributed by atoms with Crippen molar-refractivity contribution in [2.24, 2.45) is 5.73 Å². The third kappa shape index (κ3) is 3.87. The van der Waals surface area contributed by atoms with Crippen LogP contribution in [0.25, 0.3) is 10.8 Å². The van der Waals surface area contributed by atoms with E-state index in [2.05, 4.69) is 10.3 Å². The van der Waals surface area contributed by atoms with Crippen molar-refractivity contribution in [1.29, 1.82) is 0 Å². The van der Waals surface area contributed by atoms with Gasteiger partial charge in [0, 0.05) is 5.39 Å². The standard InChI is InChI=1S/C18H15N3O5S/c1-9(15(23)21-17-12(14(19)22)6-7-27-17)26-18(25)13-8-10-4-2-3-5-11(10)16(24)20-13/h2-9H,1H3,(H2,19,22)(H,20,24)(H,21,23)/t9-/m1/s1. The van der Waals surface area contributed by atoms with Gasteiger partial charge in [0.15, 0.2) is 6.10 Å². The van der Waals surface area contributed by atoms with Gasteiger partial charge in [-0.25, -0.2) is 4.79 Å². The number of nitrogens with one attached hydrogen (secondary N) is 2. The highest BCUT2D eigenvalue weighted by molar-refractivity contribution is 7.14. The molecule has 1 aromatic carbocycles. The van der Waals surface area contributed by atoms with E-state index in [1.807, 2.05) is 0 Å². The molecule has 9 heteroatoms. The summed E-state index contributed by atoms with van der Waals surface area (Å²) in [5.74, 6) is -2.15. The van der Waals surface area contributed by atoms with Crippen molar-refractivity contribution in [1.82, 2.24) is 4.98 Å². The molecule has 27 heavy (non-hydrogen) atoms. The van der Waals surface area contributed by atoms with Crippen molar-refractivity contribution < 1.29 is 19.1 Å². The van der Waals surface area contributed by atoms with Crippen LogP contribution in [0.3, 0.4) is 0 Å². The molecular weight excluding hydrogens is 370 g/mol. The SMILES string of the molecule is C[C@@H](OC(=O)c1cc2ccccc2c(=O)[nH]1)C(=O)Nc1sccc1C(N)=O. The first kappa shape index (κ1) is 18.3. The van der Waals surface area contributed by atoms with E-state index < -0.39 is 29.4 Å². The Morgan fingerprint density at radius 1 is 1.22 bits per heavy atom. The Morgan fingerprint density at radius 3 is 2.70 bits per heavy atom. The highest BCUT2D eigenvalue weighted by Crippen LogP contribution is 2.23. The van der Waals surface area contributed by atoms with Crippen molar-refractivity contribution in [2.75, 3.05) is 5.32 Å². The number of rotatable bonds is 5. The lowest BCUT2D eigenvalue weighted by molar-refractivity contribution is -0.123. The number of fused-ring (bicyclic) bond motifs is 1. The smallest absolute Gasteiger partial charge is 0.355 e. The molecule has 4 N–H and O–H groups in total. The third-order valence-corrected chi connectivity index (χ3v) is 4.62. The average molecular weight is 385 g/mol. The van der Waals surface area contributed by atoms with Crippen LogP contribution in [0, 0.1) is 0 Å². The predicted octanol–water partition coefficient (Wildman–Crippen LogP) is 1.87. The van der Waals surface area contributed by atoms with Gasteiger partial charge in [-0.05, 0) is 35.9 Å². The van der Waals surface area contributed by atoms with Gasteiger partial charge < -0.3 is 20.8 Å². The Bertz CT molecular complexity index is 1100. The van der Waals surface area contributed by atoms with Crippen LogP contribution in [-0.4, -0.2) is 28.9 Å². The summed E-state index contributed by atoms with van der Waals surface area (Å²) in [6.45, 7) is 1.38. The Morgan fingerprint density at radius 2 is 1.96 bits per heavy atom. The fourth-order valence-corrected chi connectivity index (χ4v) is 3.21. The minimum Gasteiger partial charge on any atom is -0.448 e. The van der Waals surface area contributed by atoms with Crippen molar-refractivity contribution in [2.45, 2.75) is 13.0 Å². The maximum atomic E-state index is 12.3. The van der Waals surface area contributed by atoms with E-state index in [0.717, 1.165) is 11.3 Å². The third-order valence-electron chi connectivity index (χ3n) is 3.79. The lowest BCUT2D eigenvalue weighted by Gasteiger charge is -2.13. The van der Waals surface area contributed by atoms with Crippen LogP contribution in [0.5, 0.6) is 0 Å². The highest BCUT2D eigenvalue weighted by Gasteiger charge is 2.22. The zero-order valence-corrected chi connectivity index (χ0v) is 15.0. The molecule has 0 fully saturated rings. The fraction of sp³-hybridized carbons (Fsp3) is 0.111. The number of nitrogens with two attached hydrogens (primary N) is 1. The second kappa shape index (κ2) is 7.42. The number of esters is 1. The van der Waals surface area contributed by atoms with E-state index in [4.69, 9.17) is 10.5 Å². The first-order chi connectivity index (χ1) is 12.9. The fourth-order valence-electron chi connectivity index (χ4n) is 2.41. The molecule has 2 amide bonds. The van der Waals surface area contributed by atoms with E-state index in [1.165, 1.54) is 19.1 Å². The monoisotopic (exact) mass is 385 g/mol. The van der Waals surface area contributed by atoms with Crippen LogP contribution in [-0.2, 0) is 9.53 Å². The number of amides is 2. The molecule has 1 atom stereocenters. The lowest BCUT2D eigenvalue weighted by Crippen LogP contribution is -2.31. The van der Waals surface area contributed by atoms with Gasteiger partial charge in [-0.1, -0.05) is 18.2 Å². The number of carbonyl (C=O) groups is 3. The average Bonchev–Trinajstić information content (AvgIpc) is 3.10. The Balaban J connectivity index is 1.73. The molecule has 0 saturated carbocycles. The van der Waals surface area contributed by atoms with Gasteiger partial charge in [-0.2, -0.15) is 0 Å². The molecule has 0 aliphatic heterocycles. The van der Waals surface area contributed by atoms with Crippen molar-refractivity contribution in [3.8, 4) is 0 Å². The van der Waals surface area contributed by atoms with E-state index >= 15 is 0 Å². The Labute approximate surface area is 157 Å². The Kier molecular flexibility index (Phi) is 5.04. The van der Waals surface area contributed by atoms with Crippen molar-refractivity contribution in [3.63, 3.8) is 0 Å². The van der Waals surface area contributed by atoms with E-state index in [9.17, 15) is 19.2 Å². The van der Waals surface area contributed by atoms with Crippen LogP contribution in [0.2, 0.25) is 0 Å². The molecule has 0 aliphatic rings. The first-order valence-electron chi connectivity index (χ1n) is 7.88. The molecular formula is C18H15N3O5S. The maximum Gasteiger partial charge on any atom is 0.355 e. The van der Waals surface area contributed by atoms with Gasteiger partial charge >= 0.3 is 5.97 Å². The summed E-state index contributed by atoms with van der Waals surface area (Å²) in [6, 6.07) is 9.75. The molecule has 8 nitrogen and oxygen atoms in total. The number of hydrogen-bond acceptors (Lipinski definition) is 6. The summed E-state index contributed by atoms with van der Waals surface area (Å²) in [5, 5.41) is 5.40. The molecule has 138 valence electrons. The van der Waals surface area contributed by atoms with Gasteiger partial charge in [0.2, 0.25) is 0 Å². The van der Waals surface area contributed by atoms with Crippen LogP contribution >= 0.6 is 11.3 Å². The van der Waals surface area contributed by atoms with Gasteiger partial charge in [0.05, 0.1) is 5.56 Å². The molecule has 3 rings (SSSR count). The van der Waals surface area contributed by atoms with Gasteiger partial charge in [-0.3, -0.25) is 14.4 Å². The summed E-state index contributed by atoms with van der Waals surface area (Å²) in [5.41, 5.74) is 4.90. The molecule has 2 aromatic heterocycles. The van der Waals surface area contributed by atoms with Crippen LogP contribution in [0.15, 0.2) is 46.6 Å². The summed E-state index contributed by atoms with van der Waals surface area (Å²) in [7, 11) is 0. The number of H-pyrrole nitrogens is 1. The van der Waals surface area contributed by atoms with Gasteiger partial charge in [0.25, 0.3) is 17.4 Å². The number of carbonyl (C=O) groups excluding carboxylic acids is 3. The minimum absolute atomic E-state index is 0.0627. The van der Waals surface area contributed by atoms with Gasteiger partial charge in [-0.15, -0.1) is 11.3 Å². The van der Waals surface area contributed by atoms with Crippen molar-refractivity contribution in [3.05, 3.63) is 63.4 Å². The van der Waals surface area contributed by atoms with E-state index in [-0.39, 0.29) is 16.3 Å². The van der Waals surface area contributed by atoms with E-state index in [0.29, 0.717) is 10.8 Å². The predicted molar refractivity (Wildman–Crippen MR) is 101 cm³/mol. The quantitative estimate of drug-likeness (QED) is 0.577. The zero-order chi connectivity index (χ0) is 19.6. The van der Waals surface area contributed by atoms with Crippen LogP contribution < -0.4 is 16.6 Å². The zero-order valence-electron chi connectivity index (χ0n) is 14.1. The second-order valence-corrected chi connectivity index (χ2v) is 6.58. The highest BCUT2D eigenvalue weighted by atomic mass is 32.1. The number of thiophene rings is 1. The molecule has 0 aliphatic carbocycles. The maximum absolute atomic E-state index is 12.3. The number of aromatic nitrogens is 1. The second-order valence-electron chi connectivity index (χ2n) is 5.66. The number of primary amides is 1. The molecule has 0 bridgehead atoms. The lowest BCUT2D eigenvalue weighted by atomic mass is 10.1. The number of anilines is 1. The number of hydrogen-bond donors (Lipinski definition) is 3. The van der Waals surface area contributed by atoms with Crippen LogP contribution in [0.1, 0.15) is 27.8 Å². The Hall–Kier alpha value is -3.46. The molecule has 2 heterocycles. The van der Waals surface area contributed by atoms with E-state index in [1.54, 1.807) is 29.6 Å². The number of ether oxygens (including phenoxy) is 1. The summed E-state index contributed by atoms with van der Waals surface area (Å²) >= 11 is 1.12. The summed E-state index contributed by atoms with van der Waals surface area (Å²) < 4.78 is 5.12. The minimum atomic E-state index is -1.16. The summed E-state index contributed by atoms with van der Waals surface area (Å²) in [4.78, 5) is 50.3. The summed E-state index contributed by atoms with van der Waals surface area (Å²) in [6.07, 6.45) is -1.16.